The molecule has 23 heavy (non-hydrogen) atoms. The standard InChI is InChI=1S/C17H27N3O3/c1-9(2)15(18)17(23)19-12(5)16(22)20-14-7-10(3)13(8-21)6-11(14)4/h6-7,9,12,15,21H,8,18H2,1-5H3,(H,19,23)(H,20,22)/t12-,15-/m0/s1. The molecule has 1 aromatic carbocycles. The van der Waals surface area contributed by atoms with Gasteiger partial charge in [0.05, 0.1) is 12.6 Å². The van der Waals surface area contributed by atoms with Crippen molar-refractivity contribution in [3.63, 3.8) is 0 Å². The summed E-state index contributed by atoms with van der Waals surface area (Å²) in [4.78, 5) is 24.2. The van der Waals surface area contributed by atoms with Crippen molar-refractivity contribution in [1.29, 1.82) is 0 Å². The van der Waals surface area contributed by atoms with Crippen molar-refractivity contribution in [2.24, 2.45) is 11.7 Å². The first-order valence-electron chi connectivity index (χ1n) is 7.75. The molecule has 0 aromatic heterocycles. The van der Waals surface area contributed by atoms with Gasteiger partial charge >= 0.3 is 0 Å². The highest BCUT2D eigenvalue weighted by Gasteiger charge is 2.22. The molecular formula is C17H27N3O3. The van der Waals surface area contributed by atoms with E-state index in [0.29, 0.717) is 5.69 Å². The van der Waals surface area contributed by atoms with Crippen LogP contribution in [-0.2, 0) is 16.2 Å². The Morgan fingerprint density at radius 3 is 2.26 bits per heavy atom. The topological polar surface area (TPSA) is 104 Å². The van der Waals surface area contributed by atoms with Crippen LogP contribution in [-0.4, -0.2) is 29.0 Å². The summed E-state index contributed by atoms with van der Waals surface area (Å²) in [5, 5.41) is 14.7. The number of rotatable bonds is 6. The minimum atomic E-state index is -0.690. The number of hydrogen-bond donors (Lipinski definition) is 4. The molecular weight excluding hydrogens is 294 g/mol. The summed E-state index contributed by atoms with van der Waals surface area (Å²) in [5.74, 6) is -0.652. The van der Waals surface area contributed by atoms with Gasteiger partial charge in [-0.1, -0.05) is 19.9 Å². The Morgan fingerprint density at radius 1 is 1.13 bits per heavy atom. The van der Waals surface area contributed by atoms with Gasteiger partial charge in [0.1, 0.15) is 6.04 Å². The molecule has 0 bridgehead atoms. The fourth-order valence-corrected chi connectivity index (χ4v) is 2.10. The summed E-state index contributed by atoms with van der Waals surface area (Å²) in [6.07, 6.45) is 0. The second-order valence-corrected chi connectivity index (χ2v) is 6.24. The molecule has 0 aliphatic carbocycles. The highest BCUT2D eigenvalue weighted by atomic mass is 16.3. The molecule has 1 rings (SSSR count). The zero-order valence-corrected chi connectivity index (χ0v) is 14.4. The number of aliphatic hydroxyl groups is 1. The zero-order chi connectivity index (χ0) is 17.7. The monoisotopic (exact) mass is 321 g/mol. The van der Waals surface area contributed by atoms with Gasteiger partial charge in [-0.2, -0.15) is 0 Å². The molecule has 0 heterocycles. The number of aryl methyl sites for hydroxylation is 2. The van der Waals surface area contributed by atoms with Crippen molar-refractivity contribution in [3.05, 3.63) is 28.8 Å². The van der Waals surface area contributed by atoms with E-state index in [9.17, 15) is 14.7 Å². The Hall–Kier alpha value is -1.92. The average Bonchev–Trinajstić information content (AvgIpc) is 2.49. The van der Waals surface area contributed by atoms with Crippen molar-refractivity contribution < 1.29 is 14.7 Å². The van der Waals surface area contributed by atoms with E-state index in [1.54, 1.807) is 6.92 Å². The van der Waals surface area contributed by atoms with Gasteiger partial charge in [-0.3, -0.25) is 9.59 Å². The van der Waals surface area contributed by atoms with Crippen LogP contribution in [0.3, 0.4) is 0 Å². The molecule has 128 valence electrons. The number of hydrogen-bond acceptors (Lipinski definition) is 4. The molecule has 2 atom stereocenters. The predicted molar refractivity (Wildman–Crippen MR) is 90.9 cm³/mol. The van der Waals surface area contributed by atoms with Crippen LogP contribution in [0.1, 0.15) is 37.5 Å². The summed E-state index contributed by atoms with van der Waals surface area (Å²) in [5.41, 5.74) is 9.01. The number of carbonyl (C=O) groups is 2. The number of benzene rings is 1. The normalized spacial score (nSPS) is 13.6. The summed E-state index contributed by atoms with van der Waals surface area (Å²) in [7, 11) is 0. The van der Waals surface area contributed by atoms with Crippen LogP contribution < -0.4 is 16.4 Å². The molecule has 0 saturated carbocycles. The number of nitrogens with two attached hydrogens (primary N) is 1. The molecule has 5 N–H and O–H groups in total. The van der Waals surface area contributed by atoms with E-state index in [4.69, 9.17) is 5.73 Å². The third-order valence-corrected chi connectivity index (χ3v) is 3.88. The van der Waals surface area contributed by atoms with E-state index in [1.807, 2.05) is 39.8 Å². The Kier molecular flexibility index (Phi) is 6.72. The Bertz CT molecular complexity index is 585. The lowest BCUT2D eigenvalue weighted by molar-refractivity contribution is -0.127. The Morgan fingerprint density at radius 2 is 1.74 bits per heavy atom. The third kappa shape index (κ3) is 5.04. The van der Waals surface area contributed by atoms with Crippen LogP contribution in [0.2, 0.25) is 0 Å². The largest absolute Gasteiger partial charge is 0.392 e. The number of amides is 2. The number of carbonyl (C=O) groups excluding carboxylic acids is 2. The van der Waals surface area contributed by atoms with Crippen molar-refractivity contribution in [3.8, 4) is 0 Å². The molecule has 0 aliphatic heterocycles. The highest BCUT2D eigenvalue weighted by Crippen LogP contribution is 2.21. The summed E-state index contributed by atoms with van der Waals surface area (Å²) in [6, 6.07) is 2.32. The maximum absolute atomic E-state index is 12.2. The van der Waals surface area contributed by atoms with Crippen molar-refractivity contribution >= 4 is 17.5 Å². The van der Waals surface area contributed by atoms with Crippen LogP contribution in [0.15, 0.2) is 12.1 Å². The molecule has 0 spiro atoms. The minimum Gasteiger partial charge on any atom is -0.392 e. The first kappa shape index (κ1) is 19.1. The van der Waals surface area contributed by atoms with E-state index in [2.05, 4.69) is 10.6 Å². The van der Waals surface area contributed by atoms with Crippen LogP contribution in [0.4, 0.5) is 5.69 Å². The van der Waals surface area contributed by atoms with Gasteiger partial charge in [-0.25, -0.2) is 0 Å². The van der Waals surface area contributed by atoms with Gasteiger partial charge in [0.25, 0.3) is 0 Å². The zero-order valence-electron chi connectivity index (χ0n) is 14.4. The lowest BCUT2D eigenvalue weighted by Gasteiger charge is -2.20. The highest BCUT2D eigenvalue weighted by molar-refractivity contribution is 5.98. The Labute approximate surface area is 137 Å². The maximum atomic E-state index is 12.2. The first-order valence-corrected chi connectivity index (χ1v) is 7.75. The Balaban J connectivity index is 2.76. The molecule has 6 nitrogen and oxygen atoms in total. The van der Waals surface area contributed by atoms with Crippen molar-refractivity contribution in [2.75, 3.05) is 5.32 Å². The molecule has 0 fully saturated rings. The van der Waals surface area contributed by atoms with E-state index < -0.39 is 12.1 Å². The molecule has 2 amide bonds. The van der Waals surface area contributed by atoms with Gasteiger partial charge in [0, 0.05) is 5.69 Å². The summed E-state index contributed by atoms with van der Waals surface area (Å²) >= 11 is 0. The van der Waals surface area contributed by atoms with E-state index in [0.717, 1.165) is 16.7 Å². The smallest absolute Gasteiger partial charge is 0.246 e. The fraction of sp³-hybridized carbons (Fsp3) is 0.529. The van der Waals surface area contributed by atoms with Crippen molar-refractivity contribution in [1.82, 2.24) is 5.32 Å². The second-order valence-electron chi connectivity index (χ2n) is 6.24. The van der Waals surface area contributed by atoms with E-state index in [-0.39, 0.29) is 24.3 Å². The first-order chi connectivity index (χ1) is 10.7. The van der Waals surface area contributed by atoms with E-state index in [1.165, 1.54) is 0 Å². The van der Waals surface area contributed by atoms with E-state index >= 15 is 0 Å². The SMILES string of the molecule is Cc1cc(NC(=O)[C@H](C)NC(=O)[C@@H](N)C(C)C)c(C)cc1CO. The molecule has 0 saturated heterocycles. The number of anilines is 1. The lowest BCUT2D eigenvalue weighted by atomic mass is 10.0. The molecule has 0 unspecified atom stereocenters. The fourth-order valence-electron chi connectivity index (χ4n) is 2.10. The predicted octanol–water partition coefficient (Wildman–Crippen LogP) is 1.22. The summed E-state index contributed by atoms with van der Waals surface area (Å²) < 4.78 is 0. The van der Waals surface area contributed by atoms with Gasteiger partial charge < -0.3 is 21.5 Å². The van der Waals surface area contributed by atoms with Gasteiger partial charge in [0.2, 0.25) is 11.8 Å². The summed E-state index contributed by atoms with van der Waals surface area (Å²) in [6.45, 7) is 9.00. The van der Waals surface area contributed by atoms with Crippen LogP contribution in [0, 0.1) is 19.8 Å². The minimum absolute atomic E-state index is 0.00109. The molecule has 6 heteroatoms. The van der Waals surface area contributed by atoms with Crippen molar-refractivity contribution in [2.45, 2.75) is 53.3 Å². The lowest BCUT2D eigenvalue weighted by Crippen LogP contribution is -2.50. The van der Waals surface area contributed by atoms with Crippen LogP contribution >= 0.6 is 0 Å². The van der Waals surface area contributed by atoms with Gasteiger partial charge in [-0.05, 0) is 49.4 Å². The molecule has 1 aromatic rings. The van der Waals surface area contributed by atoms with Gasteiger partial charge in [-0.15, -0.1) is 0 Å². The van der Waals surface area contributed by atoms with Crippen LogP contribution in [0.5, 0.6) is 0 Å². The quantitative estimate of drug-likeness (QED) is 0.632. The third-order valence-electron chi connectivity index (χ3n) is 3.88. The van der Waals surface area contributed by atoms with Crippen LogP contribution in [0.25, 0.3) is 0 Å². The van der Waals surface area contributed by atoms with Gasteiger partial charge in [0.15, 0.2) is 0 Å². The molecule has 0 aliphatic rings. The number of aliphatic hydroxyl groups excluding tert-OH is 1. The maximum Gasteiger partial charge on any atom is 0.246 e. The molecule has 0 radical (unpaired) electrons. The number of nitrogens with one attached hydrogen (secondary N) is 2. The average molecular weight is 321 g/mol. The second kappa shape index (κ2) is 8.08.